The van der Waals surface area contributed by atoms with Gasteiger partial charge in [0.25, 0.3) is 0 Å². The first-order valence-corrected chi connectivity index (χ1v) is 8.03. The molecule has 1 unspecified atom stereocenters. The molecule has 1 amide bonds. The maximum absolute atomic E-state index is 12.6. The summed E-state index contributed by atoms with van der Waals surface area (Å²) in [7, 11) is 0. The summed E-state index contributed by atoms with van der Waals surface area (Å²) in [6.07, 6.45) is 2.18. The van der Waals surface area contributed by atoms with Gasteiger partial charge in [-0.25, -0.2) is 9.97 Å². The van der Waals surface area contributed by atoms with Crippen LogP contribution in [0.1, 0.15) is 44.8 Å². The van der Waals surface area contributed by atoms with Gasteiger partial charge in [0.2, 0.25) is 5.91 Å². The van der Waals surface area contributed by atoms with E-state index in [0.29, 0.717) is 34.1 Å². The lowest BCUT2D eigenvalue weighted by Gasteiger charge is -2.18. The third-order valence-corrected chi connectivity index (χ3v) is 4.70. The Hall–Kier alpha value is -2.92. The zero-order valence-electron chi connectivity index (χ0n) is 12.7. The third-order valence-electron chi connectivity index (χ3n) is 3.67. The quantitative estimate of drug-likeness (QED) is 0.675. The predicted molar refractivity (Wildman–Crippen MR) is 85.8 cm³/mol. The number of aromatic nitrogens is 2. The van der Waals surface area contributed by atoms with Crippen molar-refractivity contribution >= 4 is 33.9 Å². The van der Waals surface area contributed by atoms with E-state index in [2.05, 4.69) is 15.3 Å². The molecule has 2 heterocycles. The number of pyridine rings is 1. The van der Waals surface area contributed by atoms with Gasteiger partial charge >= 0.3 is 0 Å². The molecule has 0 aromatic carbocycles. The van der Waals surface area contributed by atoms with Crippen molar-refractivity contribution in [1.29, 1.82) is 5.26 Å². The van der Waals surface area contributed by atoms with Gasteiger partial charge in [-0.1, -0.05) is 11.3 Å². The van der Waals surface area contributed by atoms with Crippen molar-refractivity contribution in [1.82, 2.24) is 9.97 Å². The van der Waals surface area contributed by atoms with Gasteiger partial charge in [0, 0.05) is 18.7 Å². The molecular weight excluding hydrogens is 328 g/mol. The number of Topliss-reactive ketones (excluding diaryl/α,β-unsaturated/α-hetero) is 2. The van der Waals surface area contributed by atoms with Crippen molar-refractivity contribution in [3.05, 3.63) is 40.2 Å². The molecule has 0 fully saturated rings. The molecule has 1 atom stereocenters. The average Bonchev–Trinajstić information content (AvgIpc) is 2.97. The van der Waals surface area contributed by atoms with E-state index in [1.54, 1.807) is 0 Å². The second kappa shape index (κ2) is 6.29. The number of amides is 1. The smallest absolute Gasteiger partial charge is 0.223 e. The normalized spacial score (nSPS) is 16.2. The van der Waals surface area contributed by atoms with E-state index in [9.17, 15) is 14.4 Å². The molecule has 24 heavy (non-hydrogen) atoms. The monoisotopic (exact) mass is 340 g/mol. The van der Waals surface area contributed by atoms with Crippen LogP contribution in [0, 0.1) is 17.2 Å². The van der Waals surface area contributed by atoms with Gasteiger partial charge in [0.05, 0.1) is 16.5 Å². The Morgan fingerprint density at radius 1 is 1.42 bits per heavy atom. The Kier molecular flexibility index (Phi) is 4.18. The van der Waals surface area contributed by atoms with Gasteiger partial charge in [0.15, 0.2) is 16.7 Å². The number of nitrogens with one attached hydrogen (secondary N) is 1. The molecule has 0 saturated heterocycles. The van der Waals surface area contributed by atoms with Crippen molar-refractivity contribution in [3.8, 4) is 6.07 Å². The van der Waals surface area contributed by atoms with E-state index in [4.69, 9.17) is 5.26 Å². The number of carbonyl (C=O) groups is 3. The SMILES string of the molecule is CC(=O)Nc1nc2c(s1)C(=O)C(C(=O)c1ccc(C#N)nc1)CC2. The number of nitrogens with zero attached hydrogens (tertiary/aromatic N) is 3. The summed E-state index contributed by atoms with van der Waals surface area (Å²) in [5.41, 5.74) is 1.14. The highest BCUT2D eigenvalue weighted by Gasteiger charge is 2.36. The molecule has 1 N–H and O–H groups in total. The lowest BCUT2D eigenvalue weighted by atomic mass is 9.84. The summed E-state index contributed by atoms with van der Waals surface area (Å²) in [5, 5.41) is 11.7. The second-order valence-corrected chi connectivity index (χ2v) is 6.34. The highest BCUT2D eigenvalue weighted by Crippen LogP contribution is 2.33. The molecule has 120 valence electrons. The molecule has 1 aliphatic rings. The first kappa shape index (κ1) is 16.0. The standard InChI is InChI=1S/C16H12N4O3S/c1-8(21)19-16-20-12-5-4-11(14(23)15(12)24-16)13(22)9-2-3-10(6-17)18-7-9/h2-3,7,11H,4-5H2,1H3,(H,19,20,21). The molecule has 8 heteroatoms. The lowest BCUT2D eigenvalue weighted by molar-refractivity contribution is -0.114. The molecule has 0 aliphatic heterocycles. The number of thiazole rings is 1. The lowest BCUT2D eigenvalue weighted by Crippen LogP contribution is -2.28. The summed E-state index contributed by atoms with van der Waals surface area (Å²) >= 11 is 1.09. The Balaban J connectivity index is 1.84. The summed E-state index contributed by atoms with van der Waals surface area (Å²) in [6.45, 7) is 1.37. The zero-order valence-corrected chi connectivity index (χ0v) is 13.5. The van der Waals surface area contributed by atoms with Crippen LogP contribution < -0.4 is 5.32 Å². The molecule has 1 aliphatic carbocycles. The van der Waals surface area contributed by atoms with Crippen molar-refractivity contribution in [2.24, 2.45) is 5.92 Å². The Morgan fingerprint density at radius 2 is 2.21 bits per heavy atom. The van der Waals surface area contributed by atoms with Gasteiger partial charge in [0.1, 0.15) is 11.8 Å². The summed E-state index contributed by atoms with van der Waals surface area (Å²) in [5.74, 6) is -1.63. The molecule has 0 radical (unpaired) electrons. The van der Waals surface area contributed by atoms with Crippen LogP contribution in [-0.2, 0) is 11.2 Å². The Morgan fingerprint density at radius 3 is 2.83 bits per heavy atom. The second-order valence-electron chi connectivity index (χ2n) is 5.34. The van der Waals surface area contributed by atoms with Crippen LogP contribution in [0.4, 0.5) is 5.13 Å². The minimum absolute atomic E-state index is 0.214. The number of fused-ring (bicyclic) bond motifs is 1. The topological polar surface area (TPSA) is 113 Å². The number of carbonyl (C=O) groups excluding carboxylic acids is 3. The van der Waals surface area contributed by atoms with E-state index < -0.39 is 5.92 Å². The van der Waals surface area contributed by atoms with Gasteiger partial charge < -0.3 is 5.32 Å². The van der Waals surface area contributed by atoms with E-state index in [1.807, 2.05) is 6.07 Å². The number of hydrogen-bond acceptors (Lipinski definition) is 7. The van der Waals surface area contributed by atoms with Crippen LogP contribution in [0.2, 0.25) is 0 Å². The van der Waals surface area contributed by atoms with Crippen molar-refractivity contribution in [2.75, 3.05) is 5.32 Å². The van der Waals surface area contributed by atoms with Crippen LogP contribution in [0.5, 0.6) is 0 Å². The van der Waals surface area contributed by atoms with E-state index in [1.165, 1.54) is 25.3 Å². The van der Waals surface area contributed by atoms with Crippen LogP contribution in [0.25, 0.3) is 0 Å². The van der Waals surface area contributed by atoms with Crippen LogP contribution >= 0.6 is 11.3 Å². The fraction of sp³-hybridized carbons (Fsp3) is 0.250. The molecule has 0 saturated carbocycles. The zero-order chi connectivity index (χ0) is 17.3. The van der Waals surface area contributed by atoms with Crippen LogP contribution in [-0.4, -0.2) is 27.4 Å². The molecule has 3 rings (SSSR count). The third kappa shape index (κ3) is 2.94. The van der Waals surface area contributed by atoms with Crippen molar-refractivity contribution in [2.45, 2.75) is 19.8 Å². The fourth-order valence-electron chi connectivity index (χ4n) is 2.55. The number of anilines is 1. The van der Waals surface area contributed by atoms with Crippen molar-refractivity contribution in [3.63, 3.8) is 0 Å². The summed E-state index contributed by atoms with van der Waals surface area (Å²) < 4.78 is 0. The van der Waals surface area contributed by atoms with Gasteiger partial charge in [-0.2, -0.15) is 5.26 Å². The number of rotatable bonds is 3. The summed E-state index contributed by atoms with van der Waals surface area (Å²) in [4.78, 5) is 44.8. The number of hydrogen-bond donors (Lipinski definition) is 1. The summed E-state index contributed by atoms with van der Waals surface area (Å²) in [6, 6.07) is 4.84. The largest absolute Gasteiger partial charge is 0.302 e. The number of nitriles is 1. The Labute approximate surface area is 141 Å². The molecule has 7 nitrogen and oxygen atoms in total. The fourth-order valence-corrected chi connectivity index (χ4v) is 3.60. The minimum Gasteiger partial charge on any atom is -0.302 e. The Bertz CT molecular complexity index is 880. The van der Waals surface area contributed by atoms with E-state index in [-0.39, 0.29) is 23.2 Å². The van der Waals surface area contributed by atoms with Gasteiger partial charge in [-0.3, -0.25) is 14.4 Å². The van der Waals surface area contributed by atoms with E-state index in [0.717, 1.165) is 11.3 Å². The molecule has 2 aromatic rings. The van der Waals surface area contributed by atoms with Gasteiger partial charge in [-0.15, -0.1) is 0 Å². The van der Waals surface area contributed by atoms with Crippen LogP contribution in [0.15, 0.2) is 18.3 Å². The first-order valence-electron chi connectivity index (χ1n) is 7.21. The molecule has 2 aromatic heterocycles. The first-order chi connectivity index (χ1) is 11.5. The highest BCUT2D eigenvalue weighted by atomic mass is 32.1. The average molecular weight is 340 g/mol. The highest BCUT2D eigenvalue weighted by molar-refractivity contribution is 7.17. The number of aryl methyl sites for hydroxylation is 1. The minimum atomic E-state index is -0.780. The molecule has 0 bridgehead atoms. The van der Waals surface area contributed by atoms with Crippen LogP contribution in [0.3, 0.4) is 0 Å². The van der Waals surface area contributed by atoms with Crippen molar-refractivity contribution < 1.29 is 14.4 Å². The van der Waals surface area contributed by atoms with Gasteiger partial charge in [-0.05, 0) is 25.0 Å². The maximum Gasteiger partial charge on any atom is 0.223 e. The molecular formula is C16H12N4O3S. The maximum atomic E-state index is 12.6. The predicted octanol–water partition coefficient (Wildman–Crippen LogP) is 2.00. The number of ketones is 2. The van der Waals surface area contributed by atoms with E-state index >= 15 is 0 Å². The molecule has 0 spiro atoms.